The average molecular weight is 290 g/mol. The Morgan fingerprint density at radius 3 is 2.95 bits per heavy atom. The maximum atomic E-state index is 6.03. The van der Waals surface area contributed by atoms with Crippen molar-refractivity contribution in [2.24, 2.45) is 11.7 Å². The molecule has 0 spiro atoms. The highest BCUT2D eigenvalue weighted by molar-refractivity contribution is 6.31. The SMILES string of the molecule is NCC1CCCCC1Nc1ccnc2cc(Cl)ccc12. The fourth-order valence-electron chi connectivity index (χ4n) is 3.13. The van der Waals surface area contributed by atoms with Crippen molar-refractivity contribution in [3.63, 3.8) is 0 Å². The Kier molecular flexibility index (Phi) is 4.08. The molecule has 3 nitrogen and oxygen atoms in total. The molecule has 3 N–H and O–H groups in total. The van der Waals surface area contributed by atoms with E-state index in [2.05, 4.69) is 10.3 Å². The highest BCUT2D eigenvalue weighted by Gasteiger charge is 2.24. The highest BCUT2D eigenvalue weighted by atomic mass is 35.5. The first kappa shape index (κ1) is 13.7. The minimum Gasteiger partial charge on any atom is -0.381 e. The number of pyridine rings is 1. The molecule has 4 heteroatoms. The van der Waals surface area contributed by atoms with Gasteiger partial charge in [-0.1, -0.05) is 24.4 Å². The lowest BCUT2D eigenvalue weighted by Gasteiger charge is -2.32. The first-order chi connectivity index (χ1) is 9.78. The monoisotopic (exact) mass is 289 g/mol. The number of halogens is 1. The normalized spacial score (nSPS) is 22.9. The van der Waals surface area contributed by atoms with Crippen molar-refractivity contribution in [1.29, 1.82) is 0 Å². The van der Waals surface area contributed by atoms with Crippen molar-refractivity contribution < 1.29 is 0 Å². The second-order valence-electron chi connectivity index (χ2n) is 5.55. The van der Waals surface area contributed by atoms with E-state index in [1.54, 1.807) is 0 Å². The molecule has 1 aliphatic carbocycles. The van der Waals surface area contributed by atoms with Gasteiger partial charge in [0.25, 0.3) is 0 Å². The Morgan fingerprint density at radius 1 is 1.25 bits per heavy atom. The molecule has 0 bridgehead atoms. The van der Waals surface area contributed by atoms with Crippen LogP contribution in [-0.4, -0.2) is 17.6 Å². The van der Waals surface area contributed by atoms with E-state index in [-0.39, 0.29) is 0 Å². The van der Waals surface area contributed by atoms with Gasteiger partial charge in [-0.2, -0.15) is 0 Å². The molecular weight excluding hydrogens is 270 g/mol. The fraction of sp³-hybridized carbons (Fsp3) is 0.438. The predicted octanol–water partition coefficient (Wildman–Crippen LogP) is 3.82. The molecule has 1 saturated carbocycles. The van der Waals surface area contributed by atoms with E-state index in [1.165, 1.54) is 25.7 Å². The van der Waals surface area contributed by atoms with Crippen molar-refractivity contribution in [3.05, 3.63) is 35.5 Å². The highest BCUT2D eigenvalue weighted by Crippen LogP contribution is 2.30. The number of hydrogen-bond donors (Lipinski definition) is 2. The van der Waals surface area contributed by atoms with Crippen LogP contribution < -0.4 is 11.1 Å². The van der Waals surface area contributed by atoms with Crippen LogP contribution in [0.5, 0.6) is 0 Å². The summed E-state index contributed by atoms with van der Waals surface area (Å²) in [7, 11) is 0. The van der Waals surface area contributed by atoms with Crippen LogP contribution in [-0.2, 0) is 0 Å². The molecule has 0 radical (unpaired) electrons. The van der Waals surface area contributed by atoms with Gasteiger partial charge in [0, 0.05) is 28.3 Å². The molecule has 2 unspecified atom stereocenters. The average Bonchev–Trinajstić information content (AvgIpc) is 2.47. The van der Waals surface area contributed by atoms with Gasteiger partial charge in [0.05, 0.1) is 5.52 Å². The van der Waals surface area contributed by atoms with Gasteiger partial charge in [0.2, 0.25) is 0 Å². The molecule has 1 aromatic heterocycles. The number of anilines is 1. The second-order valence-corrected chi connectivity index (χ2v) is 5.99. The smallest absolute Gasteiger partial charge is 0.0737 e. The minimum absolute atomic E-state index is 0.468. The van der Waals surface area contributed by atoms with Gasteiger partial charge < -0.3 is 11.1 Å². The zero-order valence-corrected chi connectivity index (χ0v) is 12.2. The lowest BCUT2D eigenvalue weighted by molar-refractivity contribution is 0.333. The third-order valence-corrected chi connectivity index (χ3v) is 4.49. The van der Waals surface area contributed by atoms with Crippen molar-refractivity contribution >= 4 is 28.2 Å². The first-order valence-corrected chi connectivity index (χ1v) is 7.66. The van der Waals surface area contributed by atoms with Gasteiger partial charge in [0.15, 0.2) is 0 Å². The number of nitrogens with one attached hydrogen (secondary N) is 1. The van der Waals surface area contributed by atoms with Crippen LogP contribution in [0.1, 0.15) is 25.7 Å². The standard InChI is InChI=1S/C16H20ClN3/c17-12-5-6-13-15(7-8-19-16(13)9-12)20-14-4-2-1-3-11(14)10-18/h5-9,11,14H,1-4,10,18H2,(H,19,20). The van der Waals surface area contributed by atoms with Gasteiger partial charge in [-0.25, -0.2) is 0 Å². The van der Waals surface area contributed by atoms with Gasteiger partial charge in [-0.3, -0.25) is 4.98 Å². The number of benzene rings is 1. The number of fused-ring (bicyclic) bond motifs is 1. The molecule has 3 rings (SSSR count). The van der Waals surface area contributed by atoms with Crippen LogP contribution >= 0.6 is 11.6 Å². The molecule has 106 valence electrons. The molecule has 2 atom stereocenters. The lowest BCUT2D eigenvalue weighted by atomic mass is 9.84. The zero-order valence-electron chi connectivity index (χ0n) is 11.5. The van der Waals surface area contributed by atoms with Gasteiger partial charge in [-0.15, -0.1) is 0 Å². The third kappa shape index (κ3) is 2.74. The molecular formula is C16H20ClN3. The molecule has 1 aliphatic rings. The molecule has 2 aromatic rings. The lowest BCUT2D eigenvalue weighted by Crippen LogP contribution is -2.36. The summed E-state index contributed by atoms with van der Waals surface area (Å²) in [6.45, 7) is 0.756. The Labute approximate surface area is 124 Å². The van der Waals surface area contributed by atoms with E-state index in [1.807, 2.05) is 30.5 Å². The number of nitrogens with two attached hydrogens (primary N) is 1. The Morgan fingerprint density at radius 2 is 2.10 bits per heavy atom. The molecule has 1 fully saturated rings. The van der Waals surface area contributed by atoms with Crippen LogP contribution in [0.4, 0.5) is 5.69 Å². The number of rotatable bonds is 3. The van der Waals surface area contributed by atoms with Gasteiger partial charge >= 0.3 is 0 Å². The number of aromatic nitrogens is 1. The largest absolute Gasteiger partial charge is 0.381 e. The second kappa shape index (κ2) is 5.98. The maximum absolute atomic E-state index is 6.03. The van der Waals surface area contributed by atoms with Crippen LogP contribution in [0.3, 0.4) is 0 Å². The first-order valence-electron chi connectivity index (χ1n) is 7.29. The van der Waals surface area contributed by atoms with E-state index >= 15 is 0 Å². The fourth-order valence-corrected chi connectivity index (χ4v) is 3.29. The summed E-state index contributed by atoms with van der Waals surface area (Å²) in [6, 6.07) is 8.36. The summed E-state index contributed by atoms with van der Waals surface area (Å²) in [4.78, 5) is 4.39. The summed E-state index contributed by atoms with van der Waals surface area (Å²) >= 11 is 6.03. The quantitative estimate of drug-likeness (QED) is 0.903. The molecule has 1 aromatic carbocycles. The van der Waals surface area contributed by atoms with E-state index < -0.39 is 0 Å². The van der Waals surface area contributed by atoms with E-state index in [0.29, 0.717) is 12.0 Å². The molecule has 1 heterocycles. The summed E-state index contributed by atoms with van der Waals surface area (Å²) < 4.78 is 0. The van der Waals surface area contributed by atoms with Crippen LogP contribution in [0, 0.1) is 5.92 Å². The van der Waals surface area contributed by atoms with E-state index in [0.717, 1.165) is 28.2 Å². The van der Waals surface area contributed by atoms with E-state index in [9.17, 15) is 0 Å². The van der Waals surface area contributed by atoms with Crippen molar-refractivity contribution in [3.8, 4) is 0 Å². The summed E-state index contributed by atoms with van der Waals surface area (Å²) in [5, 5.41) is 5.53. The predicted molar refractivity (Wildman–Crippen MR) is 85.2 cm³/mol. The van der Waals surface area contributed by atoms with Gasteiger partial charge in [0.1, 0.15) is 0 Å². The summed E-state index contributed by atoms with van der Waals surface area (Å²) in [5.41, 5.74) is 7.98. The molecule has 0 amide bonds. The Bertz CT molecular complexity index is 599. The van der Waals surface area contributed by atoms with Crippen molar-refractivity contribution in [2.75, 3.05) is 11.9 Å². The van der Waals surface area contributed by atoms with E-state index in [4.69, 9.17) is 17.3 Å². The van der Waals surface area contributed by atoms with Crippen molar-refractivity contribution in [2.45, 2.75) is 31.7 Å². The minimum atomic E-state index is 0.468. The topological polar surface area (TPSA) is 50.9 Å². The van der Waals surface area contributed by atoms with Crippen molar-refractivity contribution in [1.82, 2.24) is 4.98 Å². The summed E-state index contributed by atoms with van der Waals surface area (Å²) in [6.07, 6.45) is 6.83. The summed E-state index contributed by atoms with van der Waals surface area (Å²) in [5.74, 6) is 0.569. The number of nitrogens with zero attached hydrogens (tertiary/aromatic N) is 1. The zero-order chi connectivity index (χ0) is 13.9. The number of hydrogen-bond acceptors (Lipinski definition) is 3. The maximum Gasteiger partial charge on any atom is 0.0737 e. The van der Waals surface area contributed by atoms with Crippen LogP contribution in [0.2, 0.25) is 5.02 Å². The van der Waals surface area contributed by atoms with Gasteiger partial charge in [-0.05, 0) is 49.6 Å². The molecule has 20 heavy (non-hydrogen) atoms. The van der Waals surface area contributed by atoms with Crippen LogP contribution in [0.15, 0.2) is 30.5 Å². The third-order valence-electron chi connectivity index (χ3n) is 4.26. The Hall–Kier alpha value is -1.32. The Balaban J connectivity index is 1.90. The molecule has 0 saturated heterocycles. The molecule has 0 aliphatic heterocycles. The van der Waals surface area contributed by atoms with Crippen LogP contribution in [0.25, 0.3) is 10.9 Å².